The van der Waals surface area contributed by atoms with Gasteiger partial charge in [0, 0.05) is 6.54 Å². The summed E-state index contributed by atoms with van der Waals surface area (Å²) in [5, 5.41) is 3.50. The smallest absolute Gasteiger partial charge is 0.100 e. The molecule has 0 aliphatic heterocycles. The van der Waals surface area contributed by atoms with E-state index in [0.29, 0.717) is 0 Å². The number of hydrogen-bond acceptors (Lipinski definition) is 2. The highest BCUT2D eigenvalue weighted by Crippen LogP contribution is 2.22. The van der Waals surface area contributed by atoms with Crippen molar-refractivity contribution >= 4 is 11.0 Å². The zero-order valence-corrected chi connectivity index (χ0v) is 12.6. The number of nitrogens with one attached hydrogen (secondary N) is 1. The van der Waals surface area contributed by atoms with Gasteiger partial charge in [0.05, 0.1) is 16.7 Å². The van der Waals surface area contributed by atoms with Crippen molar-refractivity contribution < 1.29 is 0 Å². The molecular formula is C18H21N3. The summed E-state index contributed by atoms with van der Waals surface area (Å²) >= 11 is 0. The second kappa shape index (κ2) is 6.10. The SMILES string of the molecule is CCCNCc1cc(C)ccc1-n1cnc2ccccc21. The summed E-state index contributed by atoms with van der Waals surface area (Å²) in [7, 11) is 0. The fourth-order valence-corrected chi connectivity index (χ4v) is 2.64. The van der Waals surface area contributed by atoms with E-state index in [1.807, 2.05) is 12.4 Å². The minimum atomic E-state index is 0.886. The van der Waals surface area contributed by atoms with Crippen LogP contribution in [0.4, 0.5) is 0 Å². The van der Waals surface area contributed by atoms with Crippen LogP contribution in [0.5, 0.6) is 0 Å². The molecule has 0 bridgehead atoms. The van der Waals surface area contributed by atoms with Crippen molar-refractivity contribution in [2.75, 3.05) is 6.54 Å². The van der Waals surface area contributed by atoms with Gasteiger partial charge >= 0.3 is 0 Å². The van der Waals surface area contributed by atoms with Crippen LogP contribution in [0.1, 0.15) is 24.5 Å². The molecule has 1 aromatic heterocycles. The summed E-state index contributed by atoms with van der Waals surface area (Å²) in [6.07, 6.45) is 3.06. The minimum Gasteiger partial charge on any atom is -0.313 e. The molecule has 0 aliphatic carbocycles. The molecule has 0 fully saturated rings. The van der Waals surface area contributed by atoms with Gasteiger partial charge in [0.1, 0.15) is 6.33 Å². The lowest BCUT2D eigenvalue weighted by molar-refractivity contribution is 0.673. The van der Waals surface area contributed by atoms with Gasteiger partial charge in [-0.25, -0.2) is 4.98 Å². The Labute approximate surface area is 125 Å². The molecular weight excluding hydrogens is 258 g/mol. The van der Waals surface area contributed by atoms with Crippen LogP contribution in [0.2, 0.25) is 0 Å². The molecule has 0 unspecified atom stereocenters. The molecule has 0 aliphatic rings. The van der Waals surface area contributed by atoms with Crippen molar-refractivity contribution in [3.05, 3.63) is 59.9 Å². The molecule has 0 saturated carbocycles. The van der Waals surface area contributed by atoms with Crippen LogP contribution in [-0.2, 0) is 6.54 Å². The van der Waals surface area contributed by atoms with Crippen molar-refractivity contribution in [3.63, 3.8) is 0 Å². The number of nitrogens with zero attached hydrogens (tertiary/aromatic N) is 2. The van der Waals surface area contributed by atoms with E-state index in [1.165, 1.54) is 16.8 Å². The number of para-hydroxylation sites is 2. The lowest BCUT2D eigenvalue weighted by Gasteiger charge is -2.13. The summed E-state index contributed by atoms with van der Waals surface area (Å²) < 4.78 is 2.18. The highest BCUT2D eigenvalue weighted by atomic mass is 15.1. The van der Waals surface area contributed by atoms with Crippen LogP contribution in [0.3, 0.4) is 0 Å². The van der Waals surface area contributed by atoms with Gasteiger partial charge in [-0.1, -0.05) is 36.8 Å². The first kappa shape index (κ1) is 13.8. The maximum absolute atomic E-state index is 4.50. The molecule has 3 rings (SSSR count). The van der Waals surface area contributed by atoms with Crippen LogP contribution in [0.25, 0.3) is 16.7 Å². The Morgan fingerprint density at radius 2 is 2.00 bits per heavy atom. The van der Waals surface area contributed by atoms with Gasteiger partial charge in [-0.2, -0.15) is 0 Å². The van der Waals surface area contributed by atoms with Gasteiger partial charge in [0.2, 0.25) is 0 Å². The normalized spacial score (nSPS) is 11.1. The Hall–Kier alpha value is -2.13. The van der Waals surface area contributed by atoms with E-state index in [9.17, 15) is 0 Å². The zero-order valence-electron chi connectivity index (χ0n) is 12.6. The van der Waals surface area contributed by atoms with Crippen LogP contribution < -0.4 is 5.32 Å². The monoisotopic (exact) mass is 279 g/mol. The Bertz CT molecular complexity index is 743. The predicted octanol–water partition coefficient (Wildman–Crippen LogP) is 3.83. The molecule has 3 nitrogen and oxygen atoms in total. The van der Waals surface area contributed by atoms with E-state index in [0.717, 1.165) is 30.5 Å². The summed E-state index contributed by atoms with van der Waals surface area (Å²) in [5.74, 6) is 0. The second-order valence-corrected chi connectivity index (χ2v) is 5.41. The zero-order chi connectivity index (χ0) is 14.7. The van der Waals surface area contributed by atoms with Gasteiger partial charge in [-0.15, -0.1) is 0 Å². The third-order valence-electron chi connectivity index (χ3n) is 3.69. The van der Waals surface area contributed by atoms with Gasteiger partial charge < -0.3 is 5.32 Å². The van der Waals surface area contributed by atoms with Crippen LogP contribution in [0.15, 0.2) is 48.8 Å². The largest absolute Gasteiger partial charge is 0.313 e. The van der Waals surface area contributed by atoms with Crippen LogP contribution >= 0.6 is 0 Å². The first-order valence-electron chi connectivity index (χ1n) is 7.52. The molecule has 0 spiro atoms. The molecule has 3 aromatic rings. The van der Waals surface area contributed by atoms with E-state index in [2.05, 4.69) is 65.1 Å². The third kappa shape index (κ3) is 2.83. The summed E-state index contributed by atoms with van der Waals surface area (Å²) in [4.78, 5) is 4.50. The van der Waals surface area contributed by atoms with Crippen LogP contribution in [-0.4, -0.2) is 16.1 Å². The standard InChI is InChI=1S/C18H21N3/c1-3-10-19-12-15-11-14(2)8-9-17(15)21-13-20-16-6-4-5-7-18(16)21/h4-9,11,13,19H,3,10,12H2,1-2H3. The number of imidazole rings is 1. The van der Waals surface area contributed by atoms with Crippen molar-refractivity contribution in [3.8, 4) is 5.69 Å². The predicted molar refractivity (Wildman–Crippen MR) is 87.8 cm³/mol. The molecule has 3 heteroatoms. The van der Waals surface area contributed by atoms with E-state index < -0.39 is 0 Å². The van der Waals surface area contributed by atoms with E-state index in [4.69, 9.17) is 0 Å². The lowest BCUT2D eigenvalue weighted by atomic mass is 10.1. The molecule has 0 amide bonds. The average Bonchev–Trinajstić information content (AvgIpc) is 2.92. The molecule has 21 heavy (non-hydrogen) atoms. The Morgan fingerprint density at radius 1 is 1.14 bits per heavy atom. The minimum absolute atomic E-state index is 0.886. The molecule has 0 saturated heterocycles. The maximum Gasteiger partial charge on any atom is 0.100 e. The number of hydrogen-bond donors (Lipinski definition) is 1. The van der Waals surface area contributed by atoms with Crippen LogP contribution in [0, 0.1) is 6.92 Å². The van der Waals surface area contributed by atoms with Gasteiger partial charge in [0.15, 0.2) is 0 Å². The quantitative estimate of drug-likeness (QED) is 0.719. The van der Waals surface area contributed by atoms with Gasteiger partial charge in [-0.3, -0.25) is 4.57 Å². The van der Waals surface area contributed by atoms with Crippen molar-refractivity contribution in [1.29, 1.82) is 0 Å². The van der Waals surface area contributed by atoms with Gasteiger partial charge in [-0.05, 0) is 43.7 Å². The van der Waals surface area contributed by atoms with E-state index in [1.54, 1.807) is 0 Å². The summed E-state index contributed by atoms with van der Waals surface area (Å²) in [6.45, 7) is 6.25. The third-order valence-corrected chi connectivity index (χ3v) is 3.69. The highest BCUT2D eigenvalue weighted by Gasteiger charge is 2.08. The average molecular weight is 279 g/mol. The molecule has 1 N–H and O–H groups in total. The van der Waals surface area contributed by atoms with Gasteiger partial charge in [0.25, 0.3) is 0 Å². The Morgan fingerprint density at radius 3 is 2.86 bits per heavy atom. The number of benzene rings is 2. The maximum atomic E-state index is 4.50. The fourth-order valence-electron chi connectivity index (χ4n) is 2.64. The Kier molecular flexibility index (Phi) is 4.02. The van der Waals surface area contributed by atoms with E-state index in [-0.39, 0.29) is 0 Å². The summed E-state index contributed by atoms with van der Waals surface area (Å²) in [5.41, 5.74) is 5.99. The number of aryl methyl sites for hydroxylation is 1. The van der Waals surface area contributed by atoms with Crippen molar-refractivity contribution in [2.24, 2.45) is 0 Å². The topological polar surface area (TPSA) is 29.9 Å². The van der Waals surface area contributed by atoms with Crippen molar-refractivity contribution in [2.45, 2.75) is 26.8 Å². The molecule has 1 heterocycles. The molecule has 2 aromatic carbocycles. The Balaban J connectivity index is 2.04. The fraction of sp³-hybridized carbons (Fsp3) is 0.278. The molecule has 0 atom stereocenters. The number of aromatic nitrogens is 2. The number of fused-ring (bicyclic) bond motifs is 1. The summed E-state index contributed by atoms with van der Waals surface area (Å²) in [6, 6.07) is 14.9. The second-order valence-electron chi connectivity index (χ2n) is 5.41. The number of rotatable bonds is 5. The first-order valence-corrected chi connectivity index (χ1v) is 7.52. The van der Waals surface area contributed by atoms with E-state index >= 15 is 0 Å². The van der Waals surface area contributed by atoms with Crippen molar-refractivity contribution in [1.82, 2.24) is 14.9 Å². The highest BCUT2D eigenvalue weighted by molar-refractivity contribution is 5.77. The molecule has 0 radical (unpaired) electrons. The molecule has 108 valence electrons. The first-order chi connectivity index (χ1) is 10.3. The lowest BCUT2D eigenvalue weighted by Crippen LogP contribution is -2.15.